The maximum Gasteiger partial charge on any atom is 0.338 e. The highest BCUT2D eigenvalue weighted by molar-refractivity contribution is 5.96. The molecule has 1 aliphatic rings. The van der Waals surface area contributed by atoms with E-state index in [2.05, 4.69) is 9.99 Å². The van der Waals surface area contributed by atoms with Crippen molar-refractivity contribution >= 4 is 12.2 Å². The Morgan fingerprint density at radius 1 is 1.75 bits per heavy atom. The molecule has 64 valence electrons. The number of allylic oxidation sites excluding steroid dienone is 1. The minimum atomic E-state index is -0.370. The summed E-state index contributed by atoms with van der Waals surface area (Å²) < 4.78 is 4.76. The summed E-state index contributed by atoms with van der Waals surface area (Å²) in [4.78, 5) is 15.7. The largest absolute Gasteiger partial charge is 0.462 e. The van der Waals surface area contributed by atoms with Crippen LogP contribution in [0.3, 0.4) is 0 Å². The number of ether oxygens (including phenoxy) is 1. The molecule has 0 radical (unpaired) electrons. The zero-order chi connectivity index (χ0) is 8.81. The van der Waals surface area contributed by atoms with Gasteiger partial charge in [-0.2, -0.15) is 0 Å². The Bertz CT molecular complexity index is 253. The van der Waals surface area contributed by atoms with E-state index in [9.17, 15) is 4.79 Å². The van der Waals surface area contributed by atoms with Gasteiger partial charge >= 0.3 is 5.97 Å². The Morgan fingerprint density at radius 3 is 3.33 bits per heavy atom. The van der Waals surface area contributed by atoms with Crippen LogP contribution in [-0.4, -0.2) is 18.8 Å². The normalized spacial score (nSPS) is 14.6. The minimum Gasteiger partial charge on any atom is -0.462 e. The molecule has 0 fully saturated rings. The number of oxime groups is 1. The third-order valence-electron chi connectivity index (χ3n) is 1.20. The molecule has 0 unspecified atom stereocenters. The summed E-state index contributed by atoms with van der Waals surface area (Å²) in [7, 11) is 0. The van der Waals surface area contributed by atoms with E-state index in [0.29, 0.717) is 12.2 Å². The number of hydrogen-bond donors (Lipinski definition) is 0. The molecule has 1 heterocycles. The Morgan fingerprint density at radius 2 is 2.58 bits per heavy atom. The van der Waals surface area contributed by atoms with Crippen LogP contribution in [-0.2, 0) is 14.4 Å². The van der Waals surface area contributed by atoms with Crippen molar-refractivity contribution in [1.82, 2.24) is 0 Å². The van der Waals surface area contributed by atoms with Crippen molar-refractivity contribution in [3.05, 3.63) is 24.0 Å². The van der Waals surface area contributed by atoms with Crippen LogP contribution in [0.2, 0.25) is 0 Å². The predicted molar refractivity (Wildman–Crippen MR) is 43.4 cm³/mol. The Labute approximate surface area is 70.1 Å². The molecule has 0 aromatic rings. The van der Waals surface area contributed by atoms with Crippen LogP contribution in [0, 0.1) is 0 Å². The summed E-state index contributed by atoms with van der Waals surface area (Å²) in [5.74, 6) is -0.370. The van der Waals surface area contributed by atoms with Gasteiger partial charge in [-0.25, -0.2) is 4.79 Å². The van der Waals surface area contributed by atoms with E-state index < -0.39 is 0 Å². The lowest BCUT2D eigenvalue weighted by molar-refractivity contribution is -0.138. The standard InChI is InChI=1S/C8H9NO3/c1-2-11-8(10)7-3-5-9-12-6-4-7/h3-6H,2H2,1H3. The van der Waals surface area contributed by atoms with Crippen LogP contribution in [0.5, 0.6) is 0 Å². The van der Waals surface area contributed by atoms with Crippen molar-refractivity contribution in [3.63, 3.8) is 0 Å². The zero-order valence-electron chi connectivity index (χ0n) is 6.69. The number of rotatable bonds is 2. The van der Waals surface area contributed by atoms with Crippen molar-refractivity contribution in [3.8, 4) is 0 Å². The first-order valence-corrected chi connectivity index (χ1v) is 3.57. The number of esters is 1. The molecule has 12 heavy (non-hydrogen) atoms. The van der Waals surface area contributed by atoms with E-state index in [4.69, 9.17) is 4.74 Å². The van der Waals surface area contributed by atoms with Gasteiger partial charge in [0.15, 0.2) is 0 Å². The Balaban J connectivity index is 2.66. The van der Waals surface area contributed by atoms with E-state index in [1.807, 2.05) is 0 Å². The second kappa shape index (κ2) is 4.33. The lowest BCUT2D eigenvalue weighted by atomic mass is 10.2. The zero-order valence-corrected chi connectivity index (χ0v) is 6.69. The van der Waals surface area contributed by atoms with Gasteiger partial charge in [-0.15, -0.1) is 0 Å². The fourth-order valence-corrected chi connectivity index (χ4v) is 0.691. The number of nitrogens with zero attached hydrogens (tertiary/aromatic N) is 1. The van der Waals surface area contributed by atoms with Crippen molar-refractivity contribution in [2.24, 2.45) is 5.16 Å². The third kappa shape index (κ3) is 2.23. The van der Waals surface area contributed by atoms with Crippen LogP contribution < -0.4 is 0 Å². The minimum absolute atomic E-state index is 0.363. The van der Waals surface area contributed by atoms with Gasteiger partial charge in [-0.3, -0.25) is 0 Å². The molecule has 0 spiro atoms. The molecule has 0 bridgehead atoms. The number of carbonyl (C=O) groups excluding carboxylic acids is 1. The first kappa shape index (κ1) is 8.52. The highest BCUT2D eigenvalue weighted by atomic mass is 16.6. The summed E-state index contributed by atoms with van der Waals surface area (Å²) in [5.41, 5.74) is 0.429. The van der Waals surface area contributed by atoms with Crippen LogP contribution in [0.25, 0.3) is 0 Å². The monoisotopic (exact) mass is 167 g/mol. The molecule has 1 aliphatic heterocycles. The first-order valence-electron chi connectivity index (χ1n) is 3.57. The number of hydrogen-bond acceptors (Lipinski definition) is 4. The summed E-state index contributed by atoms with van der Waals surface area (Å²) in [6, 6.07) is 0. The van der Waals surface area contributed by atoms with Crippen molar-refractivity contribution in [2.75, 3.05) is 6.61 Å². The number of carbonyl (C=O) groups is 1. The van der Waals surface area contributed by atoms with Gasteiger partial charge in [0.1, 0.15) is 6.26 Å². The lowest BCUT2D eigenvalue weighted by Crippen LogP contribution is -2.05. The molecule has 4 heteroatoms. The molecule has 4 nitrogen and oxygen atoms in total. The van der Waals surface area contributed by atoms with E-state index in [-0.39, 0.29) is 5.97 Å². The molecule has 0 atom stereocenters. The molecular formula is C8H9NO3. The van der Waals surface area contributed by atoms with Gasteiger partial charge in [0.05, 0.1) is 18.4 Å². The average molecular weight is 167 g/mol. The summed E-state index contributed by atoms with van der Waals surface area (Å²) in [6.45, 7) is 2.12. The van der Waals surface area contributed by atoms with E-state index >= 15 is 0 Å². The van der Waals surface area contributed by atoms with Gasteiger partial charge in [0, 0.05) is 0 Å². The maximum absolute atomic E-state index is 11.1. The van der Waals surface area contributed by atoms with Gasteiger partial charge in [-0.1, -0.05) is 5.16 Å². The molecule has 0 aliphatic carbocycles. The van der Waals surface area contributed by atoms with Crippen LogP contribution >= 0.6 is 0 Å². The fourth-order valence-electron chi connectivity index (χ4n) is 0.691. The lowest BCUT2D eigenvalue weighted by Gasteiger charge is -1.99. The highest BCUT2D eigenvalue weighted by Gasteiger charge is 2.06. The van der Waals surface area contributed by atoms with E-state index in [1.165, 1.54) is 24.6 Å². The Hall–Kier alpha value is -1.58. The topological polar surface area (TPSA) is 47.9 Å². The van der Waals surface area contributed by atoms with Crippen LogP contribution in [0.4, 0.5) is 0 Å². The van der Waals surface area contributed by atoms with Crippen LogP contribution in [0.1, 0.15) is 6.92 Å². The molecule has 0 N–H and O–H groups in total. The molecule has 0 saturated heterocycles. The molecule has 0 saturated carbocycles. The second-order valence-electron chi connectivity index (χ2n) is 2.01. The van der Waals surface area contributed by atoms with Crippen LogP contribution in [0.15, 0.2) is 29.1 Å². The SMILES string of the molecule is CCOC(=O)C1=CC=NOC=C1. The van der Waals surface area contributed by atoms with Gasteiger partial charge < -0.3 is 9.57 Å². The van der Waals surface area contributed by atoms with E-state index in [1.54, 1.807) is 6.92 Å². The summed E-state index contributed by atoms with van der Waals surface area (Å²) in [6.07, 6.45) is 5.75. The quantitative estimate of drug-likeness (QED) is 0.576. The first-order chi connectivity index (χ1) is 5.84. The fraction of sp³-hybridized carbons (Fsp3) is 0.250. The van der Waals surface area contributed by atoms with Gasteiger partial charge in [-0.05, 0) is 19.1 Å². The third-order valence-corrected chi connectivity index (χ3v) is 1.20. The van der Waals surface area contributed by atoms with Gasteiger partial charge in [0.25, 0.3) is 0 Å². The smallest absolute Gasteiger partial charge is 0.338 e. The van der Waals surface area contributed by atoms with Crippen molar-refractivity contribution in [1.29, 1.82) is 0 Å². The van der Waals surface area contributed by atoms with Gasteiger partial charge in [0.2, 0.25) is 0 Å². The maximum atomic E-state index is 11.1. The molecule has 0 aromatic heterocycles. The predicted octanol–water partition coefficient (Wildman–Crippen LogP) is 1.01. The summed E-state index contributed by atoms with van der Waals surface area (Å²) >= 11 is 0. The average Bonchev–Trinajstić information content (AvgIpc) is 2.32. The molecule has 0 aromatic carbocycles. The van der Waals surface area contributed by atoms with Crippen molar-refractivity contribution < 1.29 is 14.4 Å². The molecule has 0 amide bonds. The second-order valence-corrected chi connectivity index (χ2v) is 2.01. The molecular weight excluding hydrogens is 158 g/mol. The molecule has 1 rings (SSSR count). The van der Waals surface area contributed by atoms with E-state index in [0.717, 1.165) is 0 Å². The highest BCUT2D eigenvalue weighted by Crippen LogP contribution is 2.02. The Kier molecular flexibility index (Phi) is 3.07. The van der Waals surface area contributed by atoms with Crippen molar-refractivity contribution in [2.45, 2.75) is 6.92 Å². The summed E-state index contributed by atoms with van der Waals surface area (Å²) in [5, 5.41) is 3.47.